The average Bonchev–Trinajstić information content (AvgIpc) is 3.36. The number of carbonyl (C=O) groups is 1. The monoisotopic (exact) mass is 331 g/mol. The van der Waals surface area contributed by atoms with Crippen LogP contribution in [0.15, 0.2) is 60.9 Å². The highest BCUT2D eigenvalue weighted by Gasteiger charge is 2.52. The van der Waals surface area contributed by atoms with Crippen LogP contribution in [0.25, 0.3) is 11.1 Å². The highest BCUT2D eigenvalue weighted by molar-refractivity contribution is 6.03. The number of nitrogens with zero attached hydrogens (tertiary/aromatic N) is 2. The van der Waals surface area contributed by atoms with E-state index in [4.69, 9.17) is 4.74 Å². The highest BCUT2D eigenvalue weighted by atomic mass is 16.5. The number of carbonyl (C=O) groups excluding carboxylic acids is 1. The Hall–Kier alpha value is -3.08. The zero-order valence-electron chi connectivity index (χ0n) is 13.6. The lowest BCUT2D eigenvalue weighted by Gasteiger charge is -2.23. The second-order valence-corrected chi connectivity index (χ2v) is 6.62. The zero-order chi connectivity index (χ0) is 16.9. The number of H-pyrrole nitrogens is 1. The maximum Gasteiger partial charge on any atom is 0.271 e. The summed E-state index contributed by atoms with van der Waals surface area (Å²) in [6.07, 6.45) is 5.01. The third kappa shape index (κ3) is 2.16. The number of hydrogen-bond acceptors (Lipinski definition) is 3. The summed E-state index contributed by atoms with van der Waals surface area (Å²) < 4.78 is 6.10. The number of aromatic nitrogens is 2. The molecule has 1 atom stereocenters. The van der Waals surface area contributed by atoms with Gasteiger partial charge in [-0.25, -0.2) is 0 Å². The Morgan fingerprint density at radius 3 is 2.68 bits per heavy atom. The summed E-state index contributed by atoms with van der Waals surface area (Å²) in [4.78, 5) is 14.9. The summed E-state index contributed by atoms with van der Waals surface area (Å²) in [7, 11) is 0. The molecule has 2 aliphatic heterocycles. The van der Waals surface area contributed by atoms with Gasteiger partial charge in [0.2, 0.25) is 0 Å². The summed E-state index contributed by atoms with van der Waals surface area (Å²) >= 11 is 0. The lowest BCUT2D eigenvalue weighted by Crippen LogP contribution is -2.44. The van der Waals surface area contributed by atoms with Gasteiger partial charge in [0.1, 0.15) is 5.75 Å². The third-order valence-electron chi connectivity index (χ3n) is 5.14. The fourth-order valence-electron chi connectivity index (χ4n) is 3.80. The van der Waals surface area contributed by atoms with Crippen LogP contribution in [0.5, 0.6) is 5.75 Å². The molecule has 2 aromatic carbocycles. The topological polar surface area (TPSA) is 58.2 Å². The second kappa shape index (κ2) is 5.21. The van der Waals surface area contributed by atoms with E-state index in [2.05, 4.69) is 10.2 Å². The molecule has 3 heterocycles. The molecule has 1 amide bonds. The molecule has 0 radical (unpaired) electrons. The van der Waals surface area contributed by atoms with Gasteiger partial charge in [0.05, 0.1) is 6.20 Å². The maximum absolute atomic E-state index is 13.1. The van der Waals surface area contributed by atoms with Gasteiger partial charge in [0.15, 0.2) is 5.60 Å². The van der Waals surface area contributed by atoms with Crippen molar-refractivity contribution in [2.75, 3.05) is 11.4 Å². The fourth-order valence-corrected chi connectivity index (χ4v) is 3.80. The first kappa shape index (κ1) is 14.3. The first-order chi connectivity index (χ1) is 12.3. The minimum absolute atomic E-state index is 0.0553. The molecule has 124 valence electrons. The SMILES string of the molecule is O=C1N(c2ccc(-c3cn[nH]c3)cc2)CCC12Cc1ccccc1O2. The number of para-hydroxylation sites is 1. The molecule has 0 saturated carbocycles. The van der Waals surface area contributed by atoms with Gasteiger partial charge in [-0.3, -0.25) is 9.89 Å². The van der Waals surface area contributed by atoms with E-state index in [0.717, 1.165) is 28.1 Å². The van der Waals surface area contributed by atoms with Gasteiger partial charge in [-0.15, -0.1) is 0 Å². The Balaban J connectivity index is 1.41. The van der Waals surface area contributed by atoms with Crippen molar-refractivity contribution in [3.05, 3.63) is 66.5 Å². The molecule has 5 nitrogen and oxygen atoms in total. The molecule has 1 N–H and O–H groups in total. The molecule has 1 saturated heterocycles. The molecule has 1 fully saturated rings. The second-order valence-electron chi connectivity index (χ2n) is 6.62. The van der Waals surface area contributed by atoms with Crippen LogP contribution in [0.2, 0.25) is 0 Å². The molecule has 0 aliphatic carbocycles. The van der Waals surface area contributed by atoms with Gasteiger partial charge >= 0.3 is 0 Å². The van der Waals surface area contributed by atoms with Crippen LogP contribution in [0.1, 0.15) is 12.0 Å². The predicted octanol–water partition coefficient (Wildman–Crippen LogP) is 3.19. The quantitative estimate of drug-likeness (QED) is 0.784. The molecule has 1 spiro atoms. The Morgan fingerprint density at radius 1 is 1.08 bits per heavy atom. The van der Waals surface area contributed by atoms with E-state index in [1.165, 1.54) is 0 Å². The minimum atomic E-state index is -0.729. The van der Waals surface area contributed by atoms with Crippen molar-refractivity contribution in [1.82, 2.24) is 10.2 Å². The first-order valence-electron chi connectivity index (χ1n) is 8.43. The van der Waals surface area contributed by atoms with Gasteiger partial charge < -0.3 is 9.64 Å². The molecular formula is C20H17N3O2. The molecule has 5 heteroatoms. The number of benzene rings is 2. The Bertz CT molecular complexity index is 907. The summed E-state index contributed by atoms with van der Waals surface area (Å²) in [5, 5.41) is 6.79. The molecule has 0 bridgehead atoms. The summed E-state index contributed by atoms with van der Waals surface area (Å²) in [5.74, 6) is 0.896. The summed E-state index contributed by atoms with van der Waals surface area (Å²) in [6, 6.07) is 15.9. The number of hydrogen-bond donors (Lipinski definition) is 1. The van der Waals surface area contributed by atoms with Crippen LogP contribution in [-0.2, 0) is 11.2 Å². The molecule has 1 unspecified atom stereocenters. The fraction of sp³-hybridized carbons (Fsp3) is 0.200. The van der Waals surface area contributed by atoms with Crippen LogP contribution in [0.3, 0.4) is 0 Å². The lowest BCUT2D eigenvalue weighted by atomic mass is 9.96. The van der Waals surface area contributed by atoms with E-state index < -0.39 is 5.60 Å². The number of rotatable bonds is 2. The van der Waals surface area contributed by atoms with Crippen LogP contribution in [-0.4, -0.2) is 28.3 Å². The predicted molar refractivity (Wildman–Crippen MR) is 94.5 cm³/mol. The van der Waals surface area contributed by atoms with E-state index in [9.17, 15) is 4.79 Å². The smallest absolute Gasteiger partial charge is 0.271 e. The summed E-state index contributed by atoms with van der Waals surface area (Å²) in [5.41, 5.74) is 3.41. The standard InChI is InChI=1S/C20H17N3O2/c24-19-20(11-15-3-1-2-4-18(15)25-20)9-10-23(19)17-7-5-14(6-8-17)16-12-21-22-13-16/h1-8,12-13H,9-11H2,(H,21,22). The number of anilines is 1. The number of aromatic amines is 1. The van der Waals surface area contributed by atoms with Gasteiger partial charge in [0.25, 0.3) is 5.91 Å². The number of nitrogens with one attached hydrogen (secondary N) is 1. The van der Waals surface area contributed by atoms with E-state index in [1.54, 1.807) is 6.20 Å². The molecule has 2 aliphatic rings. The molecule has 25 heavy (non-hydrogen) atoms. The molecule has 1 aromatic heterocycles. The lowest BCUT2D eigenvalue weighted by molar-refractivity contribution is -0.129. The van der Waals surface area contributed by atoms with Gasteiger partial charge in [0, 0.05) is 36.8 Å². The number of fused-ring (bicyclic) bond motifs is 1. The van der Waals surface area contributed by atoms with Gasteiger partial charge in [-0.05, 0) is 29.3 Å². The number of amides is 1. The maximum atomic E-state index is 13.1. The first-order valence-corrected chi connectivity index (χ1v) is 8.43. The van der Waals surface area contributed by atoms with Crippen molar-refractivity contribution in [2.24, 2.45) is 0 Å². The van der Waals surface area contributed by atoms with Crippen molar-refractivity contribution >= 4 is 11.6 Å². The highest BCUT2D eigenvalue weighted by Crippen LogP contribution is 2.42. The average molecular weight is 331 g/mol. The van der Waals surface area contributed by atoms with Crippen LogP contribution in [0.4, 0.5) is 5.69 Å². The van der Waals surface area contributed by atoms with E-state index in [1.807, 2.05) is 59.6 Å². The minimum Gasteiger partial charge on any atom is -0.477 e. The van der Waals surface area contributed by atoms with Crippen LogP contribution in [0, 0.1) is 0 Å². The Morgan fingerprint density at radius 2 is 1.92 bits per heavy atom. The van der Waals surface area contributed by atoms with Gasteiger partial charge in [-0.1, -0.05) is 30.3 Å². The Labute approximate surface area is 145 Å². The van der Waals surface area contributed by atoms with Crippen LogP contribution >= 0.6 is 0 Å². The number of ether oxygens (including phenoxy) is 1. The third-order valence-corrected chi connectivity index (χ3v) is 5.14. The zero-order valence-corrected chi connectivity index (χ0v) is 13.6. The molecule has 5 rings (SSSR count). The van der Waals surface area contributed by atoms with E-state index >= 15 is 0 Å². The van der Waals surface area contributed by atoms with Crippen molar-refractivity contribution in [3.63, 3.8) is 0 Å². The normalized spacial score (nSPS) is 21.6. The summed E-state index contributed by atoms with van der Waals surface area (Å²) in [6.45, 7) is 0.678. The van der Waals surface area contributed by atoms with E-state index in [-0.39, 0.29) is 5.91 Å². The van der Waals surface area contributed by atoms with Crippen molar-refractivity contribution in [1.29, 1.82) is 0 Å². The Kier molecular flexibility index (Phi) is 2.98. The molecule has 3 aromatic rings. The molecular weight excluding hydrogens is 314 g/mol. The van der Waals surface area contributed by atoms with Crippen molar-refractivity contribution in [2.45, 2.75) is 18.4 Å². The van der Waals surface area contributed by atoms with Crippen molar-refractivity contribution in [3.8, 4) is 16.9 Å². The van der Waals surface area contributed by atoms with E-state index in [0.29, 0.717) is 19.4 Å². The van der Waals surface area contributed by atoms with Gasteiger partial charge in [-0.2, -0.15) is 5.10 Å². The van der Waals surface area contributed by atoms with Crippen LogP contribution < -0.4 is 9.64 Å². The van der Waals surface area contributed by atoms with Crippen molar-refractivity contribution < 1.29 is 9.53 Å². The largest absolute Gasteiger partial charge is 0.477 e.